The molecule has 2 aliphatic rings. The Morgan fingerprint density at radius 1 is 1.28 bits per heavy atom. The third-order valence-corrected chi connectivity index (χ3v) is 4.48. The van der Waals surface area contributed by atoms with Crippen LogP contribution in [0.3, 0.4) is 0 Å². The van der Waals surface area contributed by atoms with Crippen molar-refractivity contribution >= 4 is 0 Å². The highest BCUT2D eigenvalue weighted by molar-refractivity contribution is 4.73. The average Bonchev–Trinajstić information content (AvgIpc) is 2.92. The van der Waals surface area contributed by atoms with E-state index in [0.717, 1.165) is 38.7 Å². The van der Waals surface area contributed by atoms with Gasteiger partial charge in [-0.3, -0.25) is 4.90 Å². The summed E-state index contributed by atoms with van der Waals surface area (Å²) in [6, 6.07) is 0. The molecule has 3 nitrogen and oxygen atoms in total. The summed E-state index contributed by atoms with van der Waals surface area (Å²) in [6.45, 7) is 8.70. The van der Waals surface area contributed by atoms with Crippen molar-refractivity contribution in [3.05, 3.63) is 0 Å². The predicted octanol–water partition coefficient (Wildman–Crippen LogP) is 2.27. The number of likely N-dealkylation sites (N-methyl/N-ethyl adjacent to an activating group) is 1. The van der Waals surface area contributed by atoms with Gasteiger partial charge in [0.1, 0.15) is 0 Å². The summed E-state index contributed by atoms with van der Waals surface area (Å²) < 4.78 is 5.79. The highest BCUT2D eigenvalue weighted by Gasteiger charge is 2.18. The second-order valence-electron chi connectivity index (χ2n) is 5.88. The van der Waals surface area contributed by atoms with E-state index in [4.69, 9.17) is 4.74 Å². The molecule has 1 saturated heterocycles. The molecule has 0 amide bonds. The van der Waals surface area contributed by atoms with Gasteiger partial charge in [-0.25, -0.2) is 0 Å². The van der Waals surface area contributed by atoms with Gasteiger partial charge in [-0.2, -0.15) is 0 Å². The molecule has 3 heteroatoms. The molecule has 2 rings (SSSR count). The lowest BCUT2D eigenvalue weighted by Gasteiger charge is -2.32. The second-order valence-corrected chi connectivity index (χ2v) is 5.88. The Kier molecular flexibility index (Phi) is 6.46. The van der Waals surface area contributed by atoms with Crippen molar-refractivity contribution in [2.75, 3.05) is 39.3 Å². The van der Waals surface area contributed by atoms with Crippen LogP contribution >= 0.6 is 0 Å². The minimum absolute atomic E-state index is 0.408. The van der Waals surface area contributed by atoms with Crippen molar-refractivity contribution in [3.63, 3.8) is 0 Å². The first-order valence-electron chi connectivity index (χ1n) is 7.93. The van der Waals surface area contributed by atoms with Gasteiger partial charge in [0.25, 0.3) is 0 Å². The largest absolute Gasteiger partial charge is 0.374 e. The molecule has 0 spiro atoms. The molecule has 0 aromatic carbocycles. The lowest BCUT2D eigenvalue weighted by molar-refractivity contribution is -0.0252. The first kappa shape index (κ1) is 14.3. The zero-order valence-corrected chi connectivity index (χ0v) is 12.0. The summed E-state index contributed by atoms with van der Waals surface area (Å²) in [4.78, 5) is 2.48. The quantitative estimate of drug-likeness (QED) is 0.705. The lowest BCUT2D eigenvalue weighted by atomic mass is 10.0. The number of nitrogens with zero attached hydrogens (tertiary/aromatic N) is 1. The van der Waals surface area contributed by atoms with Crippen molar-refractivity contribution in [2.24, 2.45) is 5.92 Å². The Balaban J connectivity index is 1.47. The number of hydrogen-bond donors (Lipinski definition) is 1. The Labute approximate surface area is 112 Å². The molecule has 1 saturated carbocycles. The van der Waals surface area contributed by atoms with Gasteiger partial charge in [0, 0.05) is 19.6 Å². The van der Waals surface area contributed by atoms with Gasteiger partial charge in [-0.15, -0.1) is 0 Å². The summed E-state index contributed by atoms with van der Waals surface area (Å²) in [5.74, 6) is 1.04. The fraction of sp³-hybridized carbons (Fsp3) is 1.00. The highest BCUT2D eigenvalue weighted by atomic mass is 16.5. The minimum atomic E-state index is 0.408. The zero-order chi connectivity index (χ0) is 12.6. The van der Waals surface area contributed by atoms with E-state index in [0.29, 0.717) is 6.10 Å². The van der Waals surface area contributed by atoms with Crippen LogP contribution < -0.4 is 5.32 Å². The molecule has 1 aliphatic carbocycles. The SMILES string of the molecule is CCN1CCOC(CNCCCC2CCCC2)C1. The summed E-state index contributed by atoms with van der Waals surface area (Å²) in [5, 5.41) is 3.57. The van der Waals surface area contributed by atoms with Crippen LogP contribution in [0.4, 0.5) is 0 Å². The number of rotatable bonds is 7. The molecule has 18 heavy (non-hydrogen) atoms. The molecule has 2 fully saturated rings. The normalized spacial score (nSPS) is 26.8. The van der Waals surface area contributed by atoms with Crippen molar-refractivity contribution < 1.29 is 4.74 Å². The summed E-state index contributed by atoms with van der Waals surface area (Å²) in [7, 11) is 0. The van der Waals surface area contributed by atoms with Crippen LogP contribution in [0, 0.1) is 5.92 Å². The van der Waals surface area contributed by atoms with Gasteiger partial charge >= 0.3 is 0 Å². The molecule has 106 valence electrons. The fourth-order valence-electron chi connectivity index (χ4n) is 3.27. The minimum Gasteiger partial charge on any atom is -0.374 e. The van der Waals surface area contributed by atoms with Crippen LogP contribution in [0.15, 0.2) is 0 Å². The Morgan fingerprint density at radius 2 is 2.11 bits per heavy atom. The van der Waals surface area contributed by atoms with Crippen molar-refractivity contribution in [2.45, 2.75) is 51.6 Å². The maximum Gasteiger partial charge on any atom is 0.0826 e. The standard InChI is InChI=1S/C15H30N2O/c1-2-17-10-11-18-15(13-17)12-16-9-5-8-14-6-3-4-7-14/h14-16H,2-13H2,1H3. The van der Waals surface area contributed by atoms with Crippen LogP contribution in [0.25, 0.3) is 0 Å². The van der Waals surface area contributed by atoms with Crippen LogP contribution in [-0.4, -0.2) is 50.3 Å². The molecule has 0 bridgehead atoms. The van der Waals surface area contributed by atoms with Gasteiger partial charge in [-0.05, 0) is 31.8 Å². The van der Waals surface area contributed by atoms with E-state index < -0.39 is 0 Å². The van der Waals surface area contributed by atoms with E-state index >= 15 is 0 Å². The second kappa shape index (κ2) is 8.13. The van der Waals surface area contributed by atoms with Crippen LogP contribution in [-0.2, 0) is 4.74 Å². The summed E-state index contributed by atoms with van der Waals surface area (Å²) >= 11 is 0. The Hall–Kier alpha value is -0.120. The molecule has 1 heterocycles. The molecule has 1 aliphatic heterocycles. The van der Waals surface area contributed by atoms with E-state index in [9.17, 15) is 0 Å². The molecule has 1 N–H and O–H groups in total. The fourth-order valence-corrected chi connectivity index (χ4v) is 3.27. The third-order valence-electron chi connectivity index (χ3n) is 4.48. The van der Waals surface area contributed by atoms with Gasteiger partial charge in [0.15, 0.2) is 0 Å². The molecule has 1 atom stereocenters. The molecular weight excluding hydrogens is 224 g/mol. The lowest BCUT2D eigenvalue weighted by Crippen LogP contribution is -2.46. The van der Waals surface area contributed by atoms with Gasteiger partial charge < -0.3 is 10.1 Å². The van der Waals surface area contributed by atoms with Crippen molar-refractivity contribution in [3.8, 4) is 0 Å². The van der Waals surface area contributed by atoms with Gasteiger partial charge in [0.05, 0.1) is 12.7 Å². The number of hydrogen-bond acceptors (Lipinski definition) is 3. The first-order valence-corrected chi connectivity index (χ1v) is 7.93. The summed E-state index contributed by atoms with van der Waals surface area (Å²) in [5.41, 5.74) is 0. The number of morpholine rings is 1. The highest BCUT2D eigenvalue weighted by Crippen LogP contribution is 2.28. The first-order chi connectivity index (χ1) is 8.88. The smallest absolute Gasteiger partial charge is 0.0826 e. The number of ether oxygens (including phenoxy) is 1. The maximum atomic E-state index is 5.79. The summed E-state index contributed by atoms with van der Waals surface area (Å²) in [6.07, 6.45) is 9.09. The van der Waals surface area contributed by atoms with E-state index in [1.165, 1.54) is 45.1 Å². The van der Waals surface area contributed by atoms with Crippen LogP contribution in [0.5, 0.6) is 0 Å². The topological polar surface area (TPSA) is 24.5 Å². The van der Waals surface area contributed by atoms with Crippen molar-refractivity contribution in [1.29, 1.82) is 0 Å². The van der Waals surface area contributed by atoms with Crippen LogP contribution in [0.2, 0.25) is 0 Å². The Morgan fingerprint density at radius 3 is 2.89 bits per heavy atom. The monoisotopic (exact) mass is 254 g/mol. The van der Waals surface area contributed by atoms with Crippen LogP contribution in [0.1, 0.15) is 45.4 Å². The average molecular weight is 254 g/mol. The third kappa shape index (κ3) is 4.87. The zero-order valence-electron chi connectivity index (χ0n) is 12.0. The predicted molar refractivity (Wildman–Crippen MR) is 75.9 cm³/mol. The molecule has 0 radical (unpaired) electrons. The van der Waals surface area contributed by atoms with Crippen molar-refractivity contribution in [1.82, 2.24) is 10.2 Å². The molecule has 0 aromatic rings. The number of nitrogens with one attached hydrogen (secondary N) is 1. The van der Waals surface area contributed by atoms with Gasteiger partial charge in [-0.1, -0.05) is 32.6 Å². The van der Waals surface area contributed by atoms with E-state index in [2.05, 4.69) is 17.1 Å². The van der Waals surface area contributed by atoms with E-state index in [1.54, 1.807) is 0 Å². The van der Waals surface area contributed by atoms with Gasteiger partial charge in [0.2, 0.25) is 0 Å². The Bertz CT molecular complexity index is 217. The molecular formula is C15H30N2O. The molecule has 0 aromatic heterocycles. The molecule has 1 unspecified atom stereocenters. The maximum absolute atomic E-state index is 5.79. The van der Waals surface area contributed by atoms with E-state index in [1.807, 2.05) is 0 Å². The van der Waals surface area contributed by atoms with E-state index in [-0.39, 0.29) is 0 Å².